The van der Waals surface area contributed by atoms with Crippen molar-refractivity contribution in [3.63, 3.8) is 0 Å². The standard InChI is InChI=1S/C26H21N5O3/c1-34-20-12-10-18(11-13-20)28-25(33)16-6-8-19(9-7-16)29-26-27-15-17-14-23(32)30-22-5-3-2-4-21(22)24(17)31-26/h2-13,15H,14H2,1H3,(H,28,33)(H,30,32)(H,27,29,31). The molecule has 0 aliphatic carbocycles. The molecule has 0 saturated heterocycles. The third-order valence-corrected chi connectivity index (χ3v) is 5.42. The van der Waals surface area contributed by atoms with Crippen molar-refractivity contribution in [2.75, 3.05) is 23.1 Å². The molecule has 0 bridgehead atoms. The van der Waals surface area contributed by atoms with Gasteiger partial charge in [0, 0.05) is 34.3 Å². The first-order chi connectivity index (χ1) is 16.6. The van der Waals surface area contributed by atoms with Crippen molar-refractivity contribution in [3.8, 4) is 17.0 Å². The van der Waals surface area contributed by atoms with E-state index in [0.29, 0.717) is 22.9 Å². The van der Waals surface area contributed by atoms with Gasteiger partial charge in [-0.15, -0.1) is 0 Å². The number of amides is 2. The van der Waals surface area contributed by atoms with E-state index in [-0.39, 0.29) is 18.2 Å². The Morgan fingerprint density at radius 3 is 2.47 bits per heavy atom. The zero-order chi connectivity index (χ0) is 23.5. The lowest BCUT2D eigenvalue weighted by Crippen LogP contribution is -2.12. The average molecular weight is 451 g/mol. The number of hydrogen-bond donors (Lipinski definition) is 3. The number of ether oxygens (including phenoxy) is 1. The number of fused-ring (bicyclic) bond motifs is 3. The Morgan fingerprint density at radius 2 is 1.71 bits per heavy atom. The lowest BCUT2D eigenvalue weighted by molar-refractivity contribution is -0.115. The van der Waals surface area contributed by atoms with E-state index in [1.807, 2.05) is 24.3 Å². The first kappa shape index (κ1) is 21.1. The van der Waals surface area contributed by atoms with Crippen LogP contribution in [0.1, 0.15) is 15.9 Å². The molecule has 0 radical (unpaired) electrons. The Labute approximate surface area is 196 Å². The van der Waals surface area contributed by atoms with E-state index in [0.717, 1.165) is 28.3 Å². The fourth-order valence-corrected chi connectivity index (χ4v) is 3.71. The van der Waals surface area contributed by atoms with Crippen LogP contribution in [0.2, 0.25) is 0 Å². The van der Waals surface area contributed by atoms with Gasteiger partial charge in [-0.3, -0.25) is 9.59 Å². The second kappa shape index (κ2) is 9.03. The smallest absolute Gasteiger partial charge is 0.255 e. The van der Waals surface area contributed by atoms with E-state index < -0.39 is 0 Å². The number of carbonyl (C=O) groups is 2. The van der Waals surface area contributed by atoms with Gasteiger partial charge in [0.25, 0.3) is 5.91 Å². The highest BCUT2D eigenvalue weighted by Crippen LogP contribution is 2.32. The summed E-state index contributed by atoms with van der Waals surface area (Å²) in [5.74, 6) is 0.809. The predicted molar refractivity (Wildman–Crippen MR) is 130 cm³/mol. The highest BCUT2D eigenvalue weighted by molar-refractivity contribution is 6.04. The van der Waals surface area contributed by atoms with Gasteiger partial charge in [0.05, 0.1) is 24.9 Å². The molecule has 1 aromatic heterocycles. The normalized spacial score (nSPS) is 12.0. The third kappa shape index (κ3) is 4.42. The van der Waals surface area contributed by atoms with Crippen molar-refractivity contribution in [1.82, 2.24) is 9.97 Å². The maximum Gasteiger partial charge on any atom is 0.255 e. The highest BCUT2D eigenvalue weighted by atomic mass is 16.5. The summed E-state index contributed by atoms with van der Waals surface area (Å²) in [6, 6.07) is 21.7. The van der Waals surface area contributed by atoms with Crippen LogP contribution < -0.4 is 20.7 Å². The van der Waals surface area contributed by atoms with Gasteiger partial charge in [-0.25, -0.2) is 9.97 Å². The zero-order valence-electron chi connectivity index (χ0n) is 18.3. The number of hydrogen-bond acceptors (Lipinski definition) is 6. The topological polar surface area (TPSA) is 105 Å². The minimum Gasteiger partial charge on any atom is -0.497 e. The van der Waals surface area contributed by atoms with Gasteiger partial charge in [-0.1, -0.05) is 18.2 Å². The molecule has 0 fully saturated rings. The van der Waals surface area contributed by atoms with Crippen LogP contribution in [0.3, 0.4) is 0 Å². The third-order valence-electron chi connectivity index (χ3n) is 5.42. The van der Waals surface area contributed by atoms with Crippen LogP contribution in [-0.4, -0.2) is 28.9 Å². The first-order valence-electron chi connectivity index (χ1n) is 10.7. The Bertz CT molecular complexity index is 1370. The molecule has 4 aromatic rings. The summed E-state index contributed by atoms with van der Waals surface area (Å²) in [6.45, 7) is 0. The molecule has 168 valence electrons. The summed E-state index contributed by atoms with van der Waals surface area (Å²) in [5.41, 5.74) is 4.97. The molecule has 3 aromatic carbocycles. The lowest BCUT2D eigenvalue weighted by Gasteiger charge is -2.11. The van der Waals surface area contributed by atoms with Gasteiger partial charge >= 0.3 is 0 Å². The molecule has 2 amide bonds. The maximum absolute atomic E-state index is 12.6. The molecule has 5 rings (SSSR count). The summed E-state index contributed by atoms with van der Waals surface area (Å²) < 4.78 is 5.13. The van der Waals surface area contributed by atoms with Gasteiger partial charge in [-0.05, 0) is 54.6 Å². The number of anilines is 4. The average Bonchev–Trinajstić information content (AvgIpc) is 3.00. The summed E-state index contributed by atoms with van der Waals surface area (Å²) in [4.78, 5) is 33.8. The number of nitrogens with zero attached hydrogens (tertiary/aromatic N) is 2. The van der Waals surface area contributed by atoms with Crippen LogP contribution in [0.25, 0.3) is 11.3 Å². The van der Waals surface area contributed by atoms with Crippen LogP contribution in [0.4, 0.5) is 23.0 Å². The van der Waals surface area contributed by atoms with E-state index in [2.05, 4.69) is 25.9 Å². The SMILES string of the molecule is COc1ccc(NC(=O)c2ccc(Nc3ncc4c(n3)-c3ccccc3NC(=O)C4)cc2)cc1. The fourth-order valence-electron chi connectivity index (χ4n) is 3.71. The first-order valence-corrected chi connectivity index (χ1v) is 10.7. The monoisotopic (exact) mass is 451 g/mol. The van der Waals surface area contributed by atoms with E-state index in [1.165, 1.54) is 0 Å². The zero-order valence-corrected chi connectivity index (χ0v) is 18.3. The molecule has 34 heavy (non-hydrogen) atoms. The fraction of sp³-hybridized carbons (Fsp3) is 0.0769. The summed E-state index contributed by atoms with van der Waals surface area (Å²) in [7, 11) is 1.59. The Hall–Kier alpha value is -4.72. The van der Waals surface area contributed by atoms with Gasteiger partial charge in [0.15, 0.2) is 0 Å². The number of aromatic nitrogens is 2. The van der Waals surface area contributed by atoms with E-state index in [1.54, 1.807) is 61.8 Å². The molecule has 0 saturated carbocycles. The van der Waals surface area contributed by atoms with E-state index >= 15 is 0 Å². The number of nitrogens with one attached hydrogen (secondary N) is 3. The van der Waals surface area contributed by atoms with Crippen molar-refractivity contribution in [1.29, 1.82) is 0 Å². The molecule has 3 N–H and O–H groups in total. The van der Waals surface area contributed by atoms with Crippen molar-refractivity contribution < 1.29 is 14.3 Å². The van der Waals surface area contributed by atoms with Crippen LogP contribution in [-0.2, 0) is 11.2 Å². The van der Waals surface area contributed by atoms with Crippen LogP contribution in [0, 0.1) is 0 Å². The molecule has 0 spiro atoms. The summed E-state index contributed by atoms with van der Waals surface area (Å²) >= 11 is 0. The molecule has 1 aliphatic heterocycles. The molecular formula is C26H21N5O3. The molecule has 8 nitrogen and oxygen atoms in total. The summed E-state index contributed by atoms with van der Waals surface area (Å²) in [6.07, 6.45) is 1.88. The highest BCUT2D eigenvalue weighted by Gasteiger charge is 2.20. The Kier molecular flexibility index (Phi) is 5.61. The second-order valence-electron chi connectivity index (χ2n) is 7.72. The quantitative estimate of drug-likeness (QED) is 0.408. The van der Waals surface area contributed by atoms with Gasteiger partial charge in [0.2, 0.25) is 11.9 Å². The molecule has 8 heteroatoms. The molecule has 0 atom stereocenters. The van der Waals surface area contributed by atoms with Gasteiger partial charge in [0.1, 0.15) is 5.75 Å². The second-order valence-corrected chi connectivity index (χ2v) is 7.72. The van der Waals surface area contributed by atoms with Crippen LogP contribution in [0.5, 0.6) is 5.75 Å². The van der Waals surface area contributed by atoms with E-state index in [9.17, 15) is 9.59 Å². The molecular weight excluding hydrogens is 430 g/mol. The largest absolute Gasteiger partial charge is 0.497 e. The maximum atomic E-state index is 12.6. The Morgan fingerprint density at radius 1 is 0.971 bits per heavy atom. The minimum absolute atomic E-state index is 0.0981. The number of carbonyl (C=O) groups excluding carboxylic acids is 2. The molecule has 0 unspecified atom stereocenters. The van der Waals surface area contributed by atoms with Crippen molar-refractivity contribution >= 4 is 34.8 Å². The van der Waals surface area contributed by atoms with Crippen molar-refractivity contribution in [2.45, 2.75) is 6.42 Å². The molecule has 1 aliphatic rings. The number of methoxy groups -OCH3 is 1. The number of para-hydroxylation sites is 1. The van der Waals surface area contributed by atoms with Crippen molar-refractivity contribution in [3.05, 3.63) is 90.1 Å². The Balaban J connectivity index is 1.32. The predicted octanol–water partition coefficient (Wildman–Crippen LogP) is 4.64. The van der Waals surface area contributed by atoms with Gasteiger partial charge in [-0.2, -0.15) is 0 Å². The van der Waals surface area contributed by atoms with Gasteiger partial charge < -0.3 is 20.7 Å². The molecule has 2 heterocycles. The number of rotatable bonds is 5. The lowest BCUT2D eigenvalue weighted by atomic mass is 10.1. The van der Waals surface area contributed by atoms with Crippen molar-refractivity contribution in [2.24, 2.45) is 0 Å². The van der Waals surface area contributed by atoms with Crippen LogP contribution in [0.15, 0.2) is 79.0 Å². The van der Waals surface area contributed by atoms with Crippen LogP contribution >= 0.6 is 0 Å². The minimum atomic E-state index is -0.216. The number of benzene rings is 3. The summed E-state index contributed by atoms with van der Waals surface area (Å²) in [5, 5.41) is 8.94. The van der Waals surface area contributed by atoms with E-state index in [4.69, 9.17) is 4.74 Å².